The first-order chi connectivity index (χ1) is 17.9. The lowest BCUT2D eigenvalue weighted by Gasteiger charge is -2.47. The normalized spacial score (nSPS) is 24.2. The lowest BCUT2D eigenvalue weighted by Crippen LogP contribution is -2.51. The predicted molar refractivity (Wildman–Crippen MR) is 155 cm³/mol. The van der Waals surface area contributed by atoms with Crippen molar-refractivity contribution in [3.05, 3.63) is 60.2 Å². The summed E-state index contributed by atoms with van der Waals surface area (Å²) in [6, 6.07) is 15.5. The first-order valence-electron chi connectivity index (χ1n) is 14.1. The van der Waals surface area contributed by atoms with E-state index in [1.165, 1.54) is 4.90 Å². The lowest BCUT2D eigenvalue weighted by atomic mass is 9.64. The third-order valence-corrected chi connectivity index (χ3v) is 15.2. The summed E-state index contributed by atoms with van der Waals surface area (Å²) in [4.78, 5) is 28.7. The smallest absolute Gasteiger partial charge is 0.258 e. The predicted octanol–water partition coefficient (Wildman–Crippen LogP) is 7.62. The van der Waals surface area contributed by atoms with Crippen LogP contribution < -0.4 is 14.1 Å². The van der Waals surface area contributed by atoms with Crippen molar-refractivity contribution in [2.75, 3.05) is 4.90 Å². The molecule has 1 saturated heterocycles. The molecular weight excluding hydrogens is 490 g/mol. The van der Waals surface area contributed by atoms with Gasteiger partial charge in [-0.05, 0) is 66.7 Å². The summed E-state index contributed by atoms with van der Waals surface area (Å²) >= 11 is 0. The van der Waals surface area contributed by atoms with Crippen LogP contribution in [0, 0.1) is 17.8 Å². The number of anilines is 1. The molecule has 2 amide bonds. The van der Waals surface area contributed by atoms with Gasteiger partial charge in [0.2, 0.25) is 11.8 Å². The molecule has 1 aliphatic carbocycles. The summed E-state index contributed by atoms with van der Waals surface area (Å²) in [5, 5.41) is 0. The van der Waals surface area contributed by atoms with E-state index in [9.17, 15) is 9.59 Å². The van der Waals surface area contributed by atoms with Crippen LogP contribution in [0.25, 0.3) is 5.57 Å². The fraction of sp³-hybridized carbons (Fsp3) is 0.500. The zero-order valence-corrected chi connectivity index (χ0v) is 24.9. The summed E-state index contributed by atoms with van der Waals surface area (Å²) in [5.74, 6) is 0.415. The number of carbonyl (C=O) groups is 2. The van der Waals surface area contributed by atoms with Gasteiger partial charge in [0.05, 0.1) is 17.5 Å². The van der Waals surface area contributed by atoms with Crippen LogP contribution in [-0.2, 0) is 9.59 Å². The molecule has 0 radical (unpaired) electrons. The maximum Gasteiger partial charge on any atom is 0.258 e. The number of hydrogen-bond donors (Lipinski definition) is 0. The van der Waals surface area contributed by atoms with Gasteiger partial charge >= 0.3 is 0 Å². The number of imide groups is 1. The highest BCUT2D eigenvalue weighted by atomic mass is 28.4. The van der Waals surface area contributed by atoms with E-state index in [4.69, 9.17) is 9.16 Å². The lowest BCUT2D eigenvalue weighted by molar-refractivity contribution is -0.124. The quantitative estimate of drug-likeness (QED) is 0.284. The summed E-state index contributed by atoms with van der Waals surface area (Å²) in [6.07, 6.45) is 2.73. The number of para-hydroxylation sites is 1. The number of fused-ring (bicyclic) bond motifs is 5. The Balaban J connectivity index is 1.52. The topological polar surface area (TPSA) is 55.8 Å². The molecule has 38 heavy (non-hydrogen) atoms. The molecule has 5 nitrogen and oxygen atoms in total. The molecule has 2 heterocycles. The van der Waals surface area contributed by atoms with Crippen molar-refractivity contribution >= 4 is 31.4 Å². The molecule has 0 bridgehead atoms. The third kappa shape index (κ3) is 3.95. The second-order valence-corrected chi connectivity index (χ2v) is 18.0. The average molecular weight is 532 g/mol. The van der Waals surface area contributed by atoms with Crippen molar-refractivity contribution < 1.29 is 18.8 Å². The zero-order valence-electron chi connectivity index (χ0n) is 23.9. The standard InChI is InChI=1S/C32H41NO4Si/c1-19(2)38(20(3)4,21(5)6)37-23-14-15-24-25-16-17-26-28(29(25)32(7,8)36-27(24)18-23)31(35)33(30(26)34)22-12-10-9-11-13-22/h9-16,18-21,26,28-29H,17H2,1-8H3/t26-,28-,29+/m0/s1. The number of hydrogen-bond acceptors (Lipinski definition) is 4. The Kier molecular flexibility index (Phi) is 6.62. The second kappa shape index (κ2) is 9.40. The van der Waals surface area contributed by atoms with Gasteiger partial charge in [0.25, 0.3) is 8.32 Å². The van der Waals surface area contributed by atoms with E-state index in [0.717, 1.165) is 22.6 Å². The van der Waals surface area contributed by atoms with Gasteiger partial charge in [-0.2, -0.15) is 0 Å². The van der Waals surface area contributed by atoms with Crippen LogP contribution in [0.2, 0.25) is 16.6 Å². The van der Waals surface area contributed by atoms with E-state index < -0.39 is 19.8 Å². The number of benzene rings is 2. The summed E-state index contributed by atoms with van der Waals surface area (Å²) in [6.45, 7) is 17.8. The van der Waals surface area contributed by atoms with E-state index in [1.807, 2.05) is 50.2 Å². The van der Waals surface area contributed by atoms with Crippen molar-refractivity contribution in [2.24, 2.45) is 17.8 Å². The highest BCUT2D eigenvalue weighted by Gasteiger charge is 2.59. The minimum Gasteiger partial charge on any atom is -0.543 e. The molecule has 0 spiro atoms. The van der Waals surface area contributed by atoms with E-state index in [1.54, 1.807) is 0 Å². The Bertz CT molecular complexity index is 1260. The molecule has 0 aromatic heterocycles. The fourth-order valence-corrected chi connectivity index (χ4v) is 12.9. The van der Waals surface area contributed by atoms with Crippen LogP contribution in [0.1, 0.15) is 67.4 Å². The van der Waals surface area contributed by atoms with Gasteiger partial charge in [-0.1, -0.05) is 65.8 Å². The highest BCUT2D eigenvalue weighted by molar-refractivity contribution is 6.78. The maximum atomic E-state index is 13.8. The number of allylic oxidation sites excluding steroid dienone is 1. The molecule has 0 N–H and O–H groups in total. The van der Waals surface area contributed by atoms with Gasteiger partial charge in [-0.25, -0.2) is 0 Å². The molecule has 6 heteroatoms. The van der Waals surface area contributed by atoms with Crippen LogP contribution in [0.15, 0.2) is 54.6 Å². The molecule has 5 rings (SSSR count). The Morgan fingerprint density at radius 1 is 0.921 bits per heavy atom. The van der Waals surface area contributed by atoms with Crippen LogP contribution in [0.4, 0.5) is 5.69 Å². The third-order valence-electron chi connectivity index (χ3n) is 9.16. The summed E-state index contributed by atoms with van der Waals surface area (Å²) in [5.41, 5.74) is 3.50. The molecule has 202 valence electrons. The SMILES string of the molecule is CC(C)[Si](Oc1ccc2c(c1)OC(C)(C)[C@@H]1C2=CC[C@@H]2C(=O)N(c3ccccc3)C(=O)[C@@H]21)(C(C)C)C(C)C. The van der Waals surface area contributed by atoms with Crippen LogP contribution >= 0.6 is 0 Å². The van der Waals surface area contributed by atoms with Gasteiger partial charge in [0.1, 0.15) is 17.1 Å². The number of amides is 2. The molecule has 2 aromatic rings. The van der Waals surface area contributed by atoms with E-state index in [0.29, 0.717) is 28.7 Å². The number of nitrogens with zero attached hydrogens (tertiary/aromatic N) is 1. The summed E-state index contributed by atoms with van der Waals surface area (Å²) < 4.78 is 13.6. The van der Waals surface area contributed by atoms with Crippen LogP contribution in [-0.4, -0.2) is 25.7 Å². The Labute approximate surface area is 228 Å². The van der Waals surface area contributed by atoms with Gasteiger partial charge in [0, 0.05) is 17.5 Å². The minimum atomic E-state index is -2.12. The van der Waals surface area contributed by atoms with E-state index >= 15 is 0 Å². The molecule has 2 aromatic carbocycles. The number of carbonyl (C=O) groups excluding carboxylic acids is 2. The minimum absolute atomic E-state index is 0.107. The molecule has 2 aliphatic heterocycles. The zero-order chi connectivity index (χ0) is 27.6. The first kappa shape index (κ1) is 26.7. The van der Waals surface area contributed by atoms with Gasteiger partial charge in [-0.15, -0.1) is 0 Å². The van der Waals surface area contributed by atoms with Crippen molar-refractivity contribution in [1.82, 2.24) is 0 Å². The van der Waals surface area contributed by atoms with Crippen molar-refractivity contribution in [1.29, 1.82) is 0 Å². The van der Waals surface area contributed by atoms with Crippen molar-refractivity contribution in [3.8, 4) is 11.5 Å². The molecule has 0 saturated carbocycles. The van der Waals surface area contributed by atoms with Crippen molar-refractivity contribution in [2.45, 2.75) is 84.0 Å². The average Bonchev–Trinajstić information content (AvgIpc) is 3.11. The summed E-state index contributed by atoms with van der Waals surface area (Å²) in [7, 11) is -2.12. The Morgan fingerprint density at radius 3 is 2.16 bits per heavy atom. The van der Waals surface area contributed by atoms with Gasteiger partial charge in [0.15, 0.2) is 0 Å². The maximum absolute atomic E-state index is 13.8. The second-order valence-electron chi connectivity index (χ2n) is 12.6. The van der Waals surface area contributed by atoms with E-state index in [2.05, 4.69) is 59.8 Å². The van der Waals surface area contributed by atoms with Gasteiger partial charge < -0.3 is 9.16 Å². The Morgan fingerprint density at radius 2 is 1.55 bits per heavy atom. The molecule has 3 aliphatic rings. The van der Waals surface area contributed by atoms with Crippen molar-refractivity contribution in [3.63, 3.8) is 0 Å². The molecule has 0 unspecified atom stereocenters. The van der Waals surface area contributed by atoms with E-state index in [-0.39, 0.29) is 23.7 Å². The van der Waals surface area contributed by atoms with Crippen LogP contribution in [0.5, 0.6) is 11.5 Å². The Hall–Kier alpha value is -2.86. The molecule has 1 fully saturated rings. The molecular formula is C32H41NO4Si. The fourth-order valence-electron chi connectivity index (χ4n) is 7.66. The van der Waals surface area contributed by atoms with Crippen LogP contribution in [0.3, 0.4) is 0 Å². The van der Waals surface area contributed by atoms with Gasteiger partial charge in [-0.3, -0.25) is 14.5 Å². The number of rotatable bonds is 6. The monoisotopic (exact) mass is 531 g/mol. The largest absolute Gasteiger partial charge is 0.543 e. The number of ether oxygens (including phenoxy) is 1. The first-order valence-corrected chi connectivity index (χ1v) is 16.2. The highest BCUT2D eigenvalue weighted by Crippen LogP contribution is 2.56. The molecule has 3 atom stereocenters.